The van der Waals surface area contributed by atoms with Crippen molar-refractivity contribution in [3.8, 4) is 0 Å². The molecule has 0 saturated carbocycles. The normalized spacial score (nSPS) is 26.0. The highest BCUT2D eigenvalue weighted by Gasteiger charge is 2.39. The Morgan fingerprint density at radius 3 is 1.76 bits per heavy atom. The molecular weight excluding hydrogens is 308 g/mol. The van der Waals surface area contributed by atoms with Gasteiger partial charge in [-0.1, -0.05) is 53.7 Å². The van der Waals surface area contributed by atoms with Gasteiger partial charge in [0, 0.05) is 11.5 Å². The molecule has 0 radical (unpaired) electrons. The molecule has 2 aliphatic heterocycles. The Hall–Kier alpha value is -1.15. The number of fused-ring (bicyclic) bond motifs is 2. The zero-order valence-corrected chi connectivity index (χ0v) is 16.8. The van der Waals surface area contributed by atoms with Crippen LogP contribution in [0.3, 0.4) is 0 Å². The van der Waals surface area contributed by atoms with Crippen molar-refractivity contribution in [2.75, 3.05) is 0 Å². The molecule has 1 aromatic rings. The number of carbonyl (C=O) groups excluding carboxylic acids is 1. The van der Waals surface area contributed by atoms with Crippen LogP contribution in [0.4, 0.5) is 0 Å². The average molecular weight is 343 g/mol. The van der Waals surface area contributed by atoms with Crippen LogP contribution in [-0.2, 0) is 4.74 Å². The molecule has 2 nitrogen and oxygen atoms in total. The van der Waals surface area contributed by atoms with Gasteiger partial charge in [0.2, 0.25) is 0 Å². The molecule has 2 fully saturated rings. The maximum atomic E-state index is 13.6. The number of hydrogen-bond acceptors (Lipinski definition) is 2. The molecule has 0 amide bonds. The summed E-state index contributed by atoms with van der Waals surface area (Å²) in [5.74, 6) is 1.74. The molecule has 2 unspecified atom stereocenters. The summed E-state index contributed by atoms with van der Waals surface area (Å²) in [6.45, 7) is 13.3. The van der Waals surface area contributed by atoms with E-state index in [1.165, 1.54) is 16.7 Å². The van der Waals surface area contributed by atoms with Gasteiger partial charge in [-0.25, -0.2) is 0 Å². The summed E-state index contributed by atoms with van der Waals surface area (Å²) in [4.78, 5) is 13.6. The average Bonchev–Trinajstić information content (AvgIpc) is 2.90. The van der Waals surface area contributed by atoms with E-state index in [1.54, 1.807) is 0 Å². The fraction of sp³-hybridized carbons (Fsp3) is 0.696. The molecule has 3 rings (SSSR count). The van der Waals surface area contributed by atoms with Crippen LogP contribution >= 0.6 is 0 Å². The molecule has 1 aromatic carbocycles. The van der Waals surface area contributed by atoms with Crippen molar-refractivity contribution < 1.29 is 9.53 Å². The molecule has 2 aliphatic rings. The maximum absolute atomic E-state index is 13.6. The summed E-state index contributed by atoms with van der Waals surface area (Å²) < 4.78 is 5.97. The van der Waals surface area contributed by atoms with E-state index < -0.39 is 0 Å². The van der Waals surface area contributed by atoms with E-state index in [-0.39, 0.29) is 5.92 Å². The first kappa shape index (κ1) is 18.6. The number of rotatable bonds is 5. The summed E-state index contributed by atoms with van der Waals surface area (Å²) in [7, 11) is 0. The lowest BCUT2D eigenvalue weighted by Gasteiger charge is -2.30. The van der Waals surface area contributed by atoms with Crippen molar-refractivity contribution in [3.05, 3.63) is 34.4 Å². The number of ketones is 1. The molecule has 0 N–H and O–H groups in total. The van der Waals surface area contributed by atoms with Crippen LogP contribution in [0.5, 0.6) is 0 Å². The van der Waals surface area contributed by atoms with E-state index in [4.69, 9.17) is 4.74 Å². The van der Waals surface area contributed by atoms with Gasteiger partial charge in [0.1, 0.15) is 0 Å². The molecule has 25 heavy (non-hydrogen) atoms. The van der Waals surface area contributed by atoms with Crippen LogP contribution in [0.2, 0.25) is 0 Å². The van der Waals surface area contributed by atoms with Crippen molar-refractivity contribution in [3.63, 3.8) is 0 Å². The Labute approximate surface area is 153 Å². The highest BCUT2D eigenvalue weighted by molar-refractivity contribution is 6.01. The first-order valence-electron chi connectivity index (χ1n) is 10.1. The van der Waals surface area contributed by atoms with Gasteiger partial charge in [-0.3, -0.25) is 4.79 Å². The third-order valence-electron chi connectivity index (χ3n) is 6.04. The van der Waals surface area contributed by atoms with Crippen molar-refractivity contribution in [2.45, 2.75) is 97.2 Å². The third kappa shape index (κ3) is 3.69. The highest BCUT2D eigenvalue weighted by Crippen LogP contribution is 2.40. The van der Waals surface area contributed by atoms with Gasteiger partial charge >= 0.3 is 0 Å². The van der Waals surface area contributed by atoms with Gasteiger partial charge in [0.05, 0.1) is 12.2 Å². The lowest BCUT2D eigenvalue weighted by Crippen LogP contribution is -2.31. The largest absolute Gasteiger partial charge is 0.375 e. The van der Waals surface area contributed by atoms with E-state index in [1.807, 2.05) is 0 Å². The van der Waals surface area contributed by atoms with Gasteiger partial charge in [-0.05, 0) is 60.1 Å². The van der Waals surface area contributed by atoms with Crippen LogP contribution in [0, 0.1) is 5.92 Å². The van der Waals surface area contributed by atoms with Gasteiger partial charge in [0.15, 0.2) is 5.78 Å². The summed E-state index contributed by atoms with van der Waals surface area (Å²) in [5, 5.41) is 0. The number of carbonyl (C=O) groups is 1. The zero-order valence-electron chi connectivity index (χ0n) is 16.8. The van der Waals surface area contributed by atoms with E-state index in [0.717, 1.165) is 31.2 Å². The standard InChI is InChI=1S/C23H34O2/c1-13(2)16-11-20(14(3)4)22(21(12-16)15(5)6)23(24)17-9-18-7-8-19(10-17)25-18/h11-15,17-19H,7-10H2,1-6H3. The Kier molecular flexibility index (Phi) is 5.39. The minimum Gasteiger partial charge on any atom is -0.375 e. The first-order valence-corrected chi connectivity index (χ1v) is 10.1. The predicted octanol–water partition coefficient (Wildman–Crippen LogP) is 6.20. The summed E-state index contributed by atoms with van der Waals surface area (Å²) in [6, 6.07) is 4.59. The number of Topliss-reactive ketones (excluding diaryl/α,β-unsaturated/α-hetero) is 1. The third-order valence-corrected chi connectivity index (χ3v) is 6.04. The van der Waals surface area contributed by atoms with Gasteiger partial charge in [-0.15, -0.1) is 0 Å². The maximum Gasteiger partial charge on any atom is 0.166 e. The van der Waals surface area contributed by atoms with Gasteiger partial charge in [0.25, 0.3) is 0 Å². The second-order valence-corrected chi connectivity index (χ2v) is 9.03. The van der Waals surface area contributed by atoms with E-state index in [2.05, 4.69) is 53.7 Å². The van der Waals surface area contributed by atoms with Crippen LogP contribution in [0.1, 0.15) is 112 Å². The fourth-order valence-corrected chi connectivity index (χ4v) is 4.52. The molecule has 2 saturated heterocycles. The predicted molar refractivity (Wildman–Crippen MR) is 104 cm³/mol. The second kappa shape index (κ2) is 7.23. The van der Waals surface area contributed by atoms with E-state index >= 15 is 0 Å². The topological polar surface area (TPSA) is 26.3 Å². The second-order valence-electron chi connectivity index (χ2n) is 9.03. The van der Waals surface area contributed by atoms with Gasteiger partial charge < -0.3 is 4.74 Å². The number of hydrogen-bond donors (Lipinski definition) is 0. The molecule has 138 valence electrons. The Bertz CT molecular complexity index is 600. The molecule has 2 atom stereocenters. The molecule has 2 bridgehead atoms. The van der Waals surface area contributed by atoms with Crippen LogP contribution in [0.25, 0.3) is 0 Å². The van der Waals surface area contributed by atoms with Crippen molar-refractivity contribution in [1.82, 2.24) is 0 Å². The lowest BCUT2D eigenvalue weighted by molar-refractivity contribution is -0.0149. The van der Waals surface area contributed by atoms with Crippen LogP contribution < -0.4 is 0 Å². The van der Waals surface area contributed by atoms with Crippen molar-refractivity contribution >= 4 is 5.78 Å². The molecule has 2 heteroatoms. The Morgan fingerprint density at radius 2 is 1.36 bits per heavy atom. The minimum atomic E-state index is 0.145. The number of ether oxygens (including phenoxy) is 1. The Balaban J connectivity index is 2.05. The Morgan fingerprint density at radius 1 is 0.880 bits per heavy atom. The quantitative estimate of drug-likeness (QED) is 0.596. The molecule has 0 aliphatic carbocycles. The first-order chi connectivity index (χ1) is 11.8. The molecule has 2 heterocycles. The SMILES string of the molecule is CC(C)c1cc(C(C)C)c(C(=O)C2CC3CCC(C2)O3)c(C(C)C)c1. The van der Waals surface area contributed by atoms with Crippen molar-refractivity contribution in [2.24, 2.45) is 5.92 Å². The highest BCUT2D eigenvalue weighted by atomic mass is 16.5. The smallest absolute Gasteiger partial charge is 0.166 e. The van der Waals surface area contributed by atoms with Gasteiger partial charge in [-0.2, -0.15) is 0 Å². The number of benzene rings is 1. The molecular formula is C23H34O2. The van der Waals surface area contributed by atoms with Crippen LogP contribution in [-0.4, -0.2) is 18.0 Å². The van der Waals surface area contributed by atoms with Crippen molar-refractivity contribution in [1.29, 1.82) is 0 Å². The molecule has 0 aromatic heterocycles. The summed E-state index contributed by atoms with van der Waals surface area (Å²) in [5.41, 5.74) is 4.88. The summed E-state index contributed by atoms with van der Waals surface area (Å²) >= 11 is 0. The summed E-state index contributed by atoms with van der Waals surface area (Å²) in [6.07, 6.45) is 4.72. The zero-order chi connectivity index (χ0) is 18.3. The lowest BCUT2D eigenvalue weighted by atomic mass is 9.78. The van der Waals surface area contributed by atoms with Crippen LogP contribution in [0.15, 0.2) is 12.1 Å². The minimum absolute atomic E-state index is 0.145. The van der Waals surface area contributed by atoms with E-state index in [9.17, 15) is 4.79 Å². The fourth-order valence-electron chi connectivity index (χ4n) is 4.52. The molecule has 0 spiro atoms. The van der Waals surface area contributed by atoms with E-state index in [0.29, 0.717) is 35.7 Å². The monoisotopic (exact) mass is 342 g/mol.